The fourth-order valence-electron chi connectivity index (χ4n) is 1.26. The van der Waals surface area contributed by atoms with Crippen molar-refractivity contribution in [3.8, 4) is 5.75 Å². The van der Waals surface area contributed by atoms with Gasteiger partial charge in [-0.05, 0) is 24.3 Å². The summed E-state index contributed by atoms with van der Waals surface area (Å²) < 4.78 is 28.7. The number of rotatable bonds is 2. The van der Waals surface area contributed by atoms with Crippen LogP contribution in [0.4, 0.5) is 0 Å². The van der Waals surface area contributed by atoms with Crippen molar-refractivity contribution in [2.75, 3.05) is 13.2 Å². The molecule has 1 aromatic carbocycles. The van der Waals surface area contributed by atoms with Crippen LogP contribution in [-0.2, 0) is 13.6 Å². The van der Waals surface area contributed by atoms with Crippen molar-refractivity contribution in [2.45, 2.75) is 13.8 Å². The Labute approximate surface area is 109 Å². The Morgan fingerprint density at radius 1 is 1.24 bits per heavy atom. The Bertz CT molecular complexity index is 429. The van der Waals surface area contributed by atoms with Crippen LogP contribution in [0, 0.1) is 5.41 Å². The summed E-state index contributed by atoms with van der Waals surface area (Å²) in [7, 11) is -3.45. The third kappa shape index (κ3) is 3.55. The monoisotopic (exact) mass is 320 g/mol. The third-order valence-corrected chi connectivity index (χ3v) is 4.11. The highest BCUT2D eigenvalue weighted by Gasteiger charge is 2.39. The van der Waals surface area contributed by atoms with Crippen LogP contribution in [0.3, 0.4) is 0 Å². The Kier molecular flexibility index (Phi) is 3.64. The summed E-state index contributed by atoms with van der Waals surface area (Å²) in [6.45, 7) is 4.69. The van der Waals surface area contributed by atoms with E-state index >= 15 is 0 Å². The SMILES string of the molecule is CC1(C)COP(=O)(Oc2ccc(Br)cc2)OC1. The van der Waals surface area contributed by atoms with Crippen LogP contribution in [0.15, 0.2) is 28.7 Å². The molecule has 0 amide bonds. The second-order valence-electron chi connectivity index (χ2n) is 4.70. The minimum Gasteiger partial charge on any atom is -0.404 e. The van der Waals surface area contributed by atoms with Gasteiger partial charge in [0.05, 0.1) is 13.2 Å². The van der Waals surface area contributed by atoms with Gasteiger partial charge in [0.15, 0.2) is 0 Å². The molecule has 4 nitrogen and oxygen atoms in total. The predicted octanol–water partition coefficient (Wildman–Crippen LogP) is 4.01. The summed E-state index contributed by atoms with van der Waals surface area (Å²) in [6.07, 6.45) is 0. The number of phosphoric ester groups is 1. The van der Waals surface area contributed by atoms with Crippen molar-refractivity contribution < 1.29 is 18.1 Å². The molecule has 1 fully saturated rings. The summed E-state index contributed by atoms with van der Waals surface area (Å²) in [4.78, 5) is 0. The molecule has 0 unspecified atom stereocenters. The molecule has 0 aromatic heterocycles. The highest BCUT2D eigenvalue weighted by atomic mass is 79.9. The normalized spacial score (nSPS) is 22.1. The van der Waals surface area contributed by atoms with Crippen molar-refractivity contribution in [1.29, 1.82) is 0 Å². The first-order valence-electron chi connectivity index (χ1n) is 5.23. The molecule has 0 saturated carbocycles. The second kappa shape index (κ2) is 4.73. The van der Waals surface area contributed by atoms with Crippen LogP contribution in [0.1, 0.15) is 13.8 Å². The number of halogens is 1. The highest BCUT2D eigenvalue weighted by Crippen LogP contribution is 2.54. The first kappa shape index (κ1) is 13.1. The molecule has 1 aliphatic heterocycles. The first-order valence-corrected chi connectivity index (χ1v) is 7.48. The van der Waals surface area contributed by atoms with Gasteiger partial charge < -0.3 is 4.52 Å². The van der Waals surface area contributed by atoms with Gasteiger partial charge in [0.1, 0.15) is 5.75 Å². The molecule has 1 aromatic rings. The summed E-state index contributed by atoms with van der Waals surface area (Å²) in [5.74, 6) is 0.469. The van der Waals surface area contributed by atoms with Crippen molar-refractivity contribution in [3.63, 3.8) is 0 Å². The molecule has 2 rings (SSSR count). The van der Waals surface area contributed by atoms with E-state index in [9.17, 15) is 4.57 Å². The molecule has 1 saturated heterocycles. The zero-order valence-corrected chi connectivity index (χ0v) is 12.2. The van der Waals surface area contributed by atoms with Crippen LogP contribution in [-0.4, -0.2) is 13.2 Å². The number of benzene rings is 1. The van der Waals surface area contributed by atoms with Crippen molar-refractivity contribution in [3.05, 3.63) is 28.7 Å². The van der Waals surface area contributed by atoms with Gasteiger partial charge in [0, 0.05) is 9.89 Å². The van der Waals surface area contributed by atoms with E-state index in [2.05, 4.69) is 15.9 Å². The zero-order chi connectivity index (χ0) is 12.5. The van der Waals surface area contributed by atoms with Gasteiger partial charge in [-0.25, -0.2) is 4.57 Å². The molecule has 1 aliphatic rings. The Morgan fingerprint density at radius 2 is 1.76 bits per heavy atom. The molecule has 6 heteroatoms. The fourth-order valence-corrected chi connectivity index (χ4v) is 3.10. The lowest BCUT2D eigenvalue weighted by atomic mass is 9.97. The molecule has 0 radical (unpaired) electrons. The van der Waals surface area contributed by atoms with Gasteiger partial charge >= 0.3 is 7.82 Å². The minimum atomic E-state index is -3.45. The van der Waals surface area contributed by atoms with Crippen LogP contribution in [0.25, 0.3) is 0 Å². The quantitative estimate of drug-likeness (QED) is 0.772. The Balaban J connectivity index is 2.04. The van der Waals surface area contributed by atoms with E-state index < -0.39 is 7.82 Å². The molecule has 0 bridgehead atoms. The first-order chi connectivity index (χ1) is 7.89. The maximum atomic E-state index is 12.1. The van der Waals surface area contributed by atoms with E-state index in [1.54, 1.807) is 24.3 Å². The summed E-state index contributed by atoms with van der Waals surface area (Å²) in [5.41, 5.74) is -0.128. The van der Waals surface area contributed by atoms with E-state index in [1.807, 2.05) is 13.8 Å². The van der Waals surface area contributed by atoms with Crippen molar-refractivity contribution >= 4 is 23.8 Å². The molecule has 0 aliphatic carbocycles. The number of hydrogen-bond acceptors (Lipinski definition) is 4. The lowest BCUT2D eigenvalue weighted by molar-refractivity contribution is 0.0182. The minimum absolute atomic E-state index is 0.128. The Morgan fingerprint density at radius 3 is 2.29 bits per heavy atom. The second-order valence-corrected chi connectivity index (χ2v) is 7.21. The molecular weight excluding hydrogens is 307 g/mol. The van der Waals surface area contributed by atoms with Crippen LogP contribution in [0.2, 0.25) is 0 Å². The van der Waals surface area contributed by atoms with Gasteiger partial charge in [-0.1, -0.05) is 29.8 Å². The number of phosphoric acid groups is 1. The summed E-state index contributed by atoms with van der Waals surface area (Å²) in [5, 5.41) is 0. The van der Waals surface area contributed by atoms with E-state index in [1.165, 1.54) is 0 Å². The average molecular weight is 321 g/mol. The lowest BCUT2D eigenvalue weighted by Gasteiger charge is -2.32. The lowest BCUT2D eigenvalue weighted by Crippen LogP contribution is -2.30. The van der Waals surface area contributed by atoms with Crippen LogP contribution in [0.5, 0.6) is 5.75 Å². The van der Waals surface area contributed by atoms with Gasteiger partial charge in [0.2, 0.25) is 0 Å². The van der Waals surface area contributed by atoms with E-state index in [4.69, 9.17) is 13.6 Å². The van der Waals surface area contributed by atoms with Gasteiger partial charge in [0.25, 0.3) is 0 Å². The van der Waals surface area contributed by atoms with Crippen LogP contribution >= 0.6 is 23.8 Å². The van der Waals surface area contributed by atoms with E-state index in [0.717, 1.165) is 4.47 Å². The van der Waals surface area contributed by atoms with Crippen LogP contribution < -0.4 is 4.52 Å². The maximum Gasteiger partial charge on any atom is 0.530 e. The molecule has 94 valence electrons. The Hall–Kier alpha value is -0.350. The fraction of sp³-hybridized carbons (Fsp3) is 0.455. The molecule has 0 atom stereocenters. The topological polar surface area (TPSA) is 44.8 Å². The van der Waals surface area contributed by atoms with E-state index in [0.29, 0.717) is 19.0 Å². The molecule has 0 N–H and O–H groups in total. The zero-order valence-electron chi connectivity index (χ0n) is 9.68. The largest absolute Gasteiger partial charge is 0.530 e. The summed E-state index contributed by atoms with van der Waals surface area (Å²) >= 11 is 3.31. The molecule has 17 heavy (non-hydrogen) atoms. The maximum absolute atomic E-state index is 12.1. The van der Waals surface area contributed by atoms with Crippen molar-refractivity contribution in [2.24, 2.45) is 5.41 Å². The van der Waals surface area contributed by atoms with Gasteiger partial charge in [-0.3, -0.25) is 9.05 Å². The number of hydrogen-bond donors (Lipinski definition) is 0. The smallest absolute Gasteiger partial charge is 0.404 e. The molecular formula is C11H14BrO4P. The summed E-state index contributed by atoms with van der Waals surface area (Å²) in [6, 6.07) is 7.01. The average Bonchev–Trinajstić information content (AvgIpc) is 2.27. The third-order valence-electron chi connectivity index (χ3n) is 2.26. The van der Waals surface area contributed by atoms with E-state index in [-0.39, 0.29) is 5.41 Å². The molecule has 1 heterocycles. The predicted molar refractivity (Wildman–Crippen MR) is 68.1 cm³/mol. The van der Waals surface area contributed by atoms with Crippen molar-refractivity contribution in [1.82, 2.24) is 0 Å². The standard InChI is InChI=1S/C11H14BrO4P/c1-11(2)7-14-17(13,15-8-11)16-10-5-3-9(12)4-6-10/h3-6H,7-8H2,1-2H3. The van der Waals surface area contributed by atoms with Gasteiger partial charge in [-0.15, -0.1) is 0 Å². The highest BCUT2D eigenvalue weighted by molar-refractivity contribution is 9.10. The van der Waals surface area contributed by atoms with Gasteiger partial charge in [-0.2, -0.15) is 0 Å². The molecule has 0 spiro atoms.